The van der Waals surface area contributed by atoms with Gasteiger partial charge in [0.1, 0.15) is 11.5 Å². The Hall–Kier alpha value is -2.64. The first-order valence-electron chi connectivity index (χ1n) is 6.79. The Morgan fingerprint density at radius 1 is 1.29 bits per heavy atom. The van der Waals surface area contributed by atoms with Crippen LogP contribution in [-0.4, -0.2) is 26.1 Å². The van der Waals surface area contributed by atoms with Crippen molar-refractivity contribution >= 4 is 41.1 Å². The molecule has 0 radical (unpaired) electrons. The van der Waals surface area contributed by atoms with Gasteiger partial charge in [-0.2, -0.15) is 4.80 Å². The van der Waals surface area contributed by atoms with Crippen molar-refractivity contribution in [1.29, 1.82) is 0 Å². The van der Waals surface area contributed by atoms with Gasteiger partial charge in [-0.1, -0.05) is 28.3 Å². The maximum Gasteiger partial charge on any atom is 0.270 e. The molecule has 0 bridgehead atoms. The average Bonchev–Trinajstić information content (AvgIpc) is 3.14. The van der Waals surface area contributed by atoms with E-state index in [9.17, 15) is 4.79 Å². The maximum atomic E-state index is 11.8. The second-order valence-corrected chi connectivity index (χ2v) is 5.59. The summed E-state index contributed by atoms with van der Waals surface area (Å²) in [5.41, 5.74) is 0.717. The number of carbonyl (C=O) groups excluding carboxylic acids is 1. The van der Waals surface area contributed by atoms with E-state index in [4.69, 9.17) is 27.6 Å². The number of rotatable bonds is 4. The first-order chi connectivity index (χ1) is 11.5. The van der Waals surface area contributed by atoms with E-state index < -0.39 is 5.91 Å². The van der Waals surface area contributed by atoms with Crippen LogP contribution in [0.4, 0.5) is 5.95 Å². The Balaban J connectivity index is 1.70. The molecule has 7 nitrogen and oxygen atoms in total. The Bertz CT molecular complexity index is 916. The zero-order valence-corrected chi connectivity index (χ0v) is 13.9. The van der Waals surface area contributed by atoms with E-state index in [2.05, 4.69) is 20.7 Å². The van der Waals surface area contributed by atoms with E-state index in [0.29, 0.717) is 27.1 Å². The highest BCUT2D eigenvalue weighted by atomic mass is 35.5. The van der Waals surface area contributed by atoms with E-state index in [1.54, 1.807) is 37.4 Å². The fraction of sp³-hybridized carbons (Fsp3) is 0.0667. The van der Waals surface area contributed by atoms with E-state index in [0.717, 1.165) is 0 Å². The number of carbonyl (C=O) groups is 1. The van der Waals surface area contributed by atoms with Crippen LogP contribution in [0.1, 0.15) is 5.76 Å². The van der Waals surface area contributed by atoms with E-state index in [1.807, 2.05) is 0 Å². The van der Waals surface area contributed by atoms with E-state index >= 15 is 0 Å². The molecule has 0 saturated carbocycles. The number of hydrogen-bond donors (Lipinski definition) is 1. The van der Waals surface area contributed by atoms with Gasteiger partial charge >= 0.3 is 0 Å². The number of hydrogen-bond acceptors (Lipinski definition) is 5. The maximum absolute atomic E-state index is 11.8. The molecule has 2 heterocycles. The summed E-state index contributed by atoms with van der Waals surface area (Å²) in [4.78, 5) is 13.0. The lowest BCUT2D eigenvalue weighted by molar-refractivity contribution is -0.111. The predicted molar refractivity (Wildman–Crippen MR) is 90.6 cm³/mol. The molecule has 3 aromatic rings. The fourth-order valence-electron chi connectivity index (χ4n) is 1.92. The Morgan fingerprint density at radius 2 is 2.12 bits per heavy atom. The van der Waals surface area contributed by atoms with Crippen molar-refractivity contribution in [3.63, 3.8) is 0 Å². The topological polar surface area (TPSA) is 85.8 Å². The van der Waals surface area contributed by atoms with Crippen LogP contribution in [0.2, 0.25) is 10.0 Å². The van der Waals surface area contributed by atoms with Gasteiger partial charge in [0.05, 0.1) is 12.1 Å². The van der Waals surface area contributed by atoms with Crippen LogP contribution in [0, 0.1) is 0 Å². The molecule has 9 heteroatoms. The summed E-state index contributed by atoms with van der Waals surface area (Å²) in [6.07, 6.45) is 2.83. The molecule has 1 amide bonds. The Labute approximate surface area is 146 Å². The average molecular weight is 364 g/mol. The van der Waals surface area contributed by atoms with Crippen LogP contribution < -0.4 is 5.32 Å². The monoisotopic (exact) mass is 363 g/mol. The van der Waals surface area contributed by atoms with Crippen molar-refractivity contribution in [3.05, 3.63) is 52.2 Å². The molecule has 1 N–H and O–H groups in total. The number of aryl methyl sites for hydroxylation is 1. The first kappa shape index (κ1) is 16.2. The highest BCUT2D eigenvalue weighted by Crippen LogP contribution is 2.31. The molecule has 0 fully saturated rings. The molecule has 0 spiro atoms. The quantitative estimate of drug-likeness (QED) is 0.717. The number of tetrazole rings is 1. The molecule has 122 valence electrons. The highest BCUT2D eigenvalue weighted by Gasteiger charge is 2.09. The lowest BCUT2D eigenvalue weighted by Gasteiger charge is -2.00. The van der Waals surface area contributed by atoms with E-state index in [-0.39, 0.29) is 5.95 Å². The zero-order chi connectivity index (χ0) is 17.1. The van der Waals surface area contributed by atoms with E-state index in [1.165, 1.54) is 16.9 Å². The number of halogens is 2. The van der Waals surface area contributed by atoms with Crippen molar-refractivity contribution in [2.24, 2.45) is 7.05 Å². The largest absolute Gasteiger partial charge is 0.457 e. The molecule has 24 heavy (non-hydrogen) atoms. The van der Waals surface area contributed by atoms with Gasteiger partial charge in [-0.05, 0) is 41.6 Å². The molecule has 0 aliphatic carbocycles. The molecule has 0 unspecified atom stereocenters. The summed E-state index contributed by atoms with van der Waals surface area (Å²) in [5.74, 6) is 0.802. The first-order valence-corrected chi connectivity index (χ1v) is 7.55. The van der Waals surface area contributed by atoms with Crippen LogP contribution in [0.5, 0.6) is 0 Å². The second kappa shape index (κ2) is 6.86. The number of furan rings is 1. The SMILES string of the molecule is Cn1nnc(NC(=O)/C=C/c2ccc(-c3ccc(Cl)cc3Cl)o2)n1. The molecule has 3 rings (SSSR count). The number of anilines is 1. The van der Waals surface area contributed by atoms with Crippen LogP contribution >= 0.6 is 23.2 Å². The molecule has 0 aliphatic heterocycles. The normalized spacial score (nSPS) is 11.1. The van der Waals surface area contributed by atoms with Crippen molar-refractivity contribution in [2.45, 2.75) is 0 Å². The number of aromatic nitrogens is 4. The fourth-order valence-corrected chi connectivity index (χ4v) is 2.42. The van der Waals surface area contributed by atoms with Gasteiger partial charge in [0.25, 0.3) is 11.9 Å². The number of amides is 1. The third-order valence-corrected chi connectivity index (χ3v) is 3.51. The van der Waals surface area contributed by atoms with Gasteiger partial charge in [-0.25, -0.2) is 0 Å². The standard InChI is InChI=1S/C15H11Cl2N5O2/c1-22-20-15(19-21-22)18-14(23)7-4-10-3-6-13(24-10)11-5-2-9(16)8-12(11)17/h2-8H,1H3,(H,18,20,23)/b7-4+. The number of benzene rings is 1. The third kappa shape index (κ3) is 3.81. The summed E-state index contributed by atoms with van der Waals surface area (Å²) >= 11 is 12.0. The summed E-state index contributed by atoms with van der Waals surface area (Å²) < 4.78 is 5.65. The van der Waals surface area contributed by atoms with Crippen molar-refractivity contribution in [2.75, 3.05) is 5.32 Å². The molecule has 0 atom stereocenters. The lowest BCUT2D eigenvalue weighted by Crippen LogP contribution is -2.09. The predicted octanol–water partition coefficient (Wildman–Crippen LogP) is 3.43. The van der Waals surface area contributed by atoms with Crippen molar-refractivity contribution in [3.8, 4) is 11.3 Å². The lowest BCUT2D eigenvalue weighted by atomic mass is 10.2. The summed E-state index contributed by atoms with van der Waals surface area (Å²) in [6.45, 7) is 0. The molecular formula is C15H11Cl2N5O2. The minimum Gasteiger partial charge on any atom is -0.457 e. The van der Waals surface area contributed by atoms with Crippen molar-refractivity contribution < 1.29 is 9.21 Å². The number of nitrogens with zero attached hydrogens (tertiary/aromatic N) is 4. The van der Waals surface area contributed by atoms with Gasteiger partial charge in [0.15, 0.2) is 0 Å². The van der Waals surface area contributed by atoms with Gasteiger partial charge in [-0.3, -0.25) is 10.1 Å². The van der Waals surface area contributed by atoms with Crippen LogP contribution in [0.25, 0.3) is 17.4 Å². The molecule has 1 aromatic carbocycles. The number of nitrogens with one attached hydrogen (secondary N) is 1. The molecule has 0 saturated heterocycles. The van der Waals surface area contributed by atoms with Gasteiger partial charge in [-0.15, -0.1) is 5.10 Å². The van der Waals surface area contributed by atoms with Gasteiger partial charge in [0.2, 0.25) is 0 Å². The molecular weight excluding hydrogens is 353 g/mol. The summed E-state index contributed by atoms with van der Waals surface area (Å²) in [7, 11) is 1.60. The van der Waals surface area contributed by atoms with Crippen molar-refractivity contribution in [1.82, 2.24) is 20.2 Å². The van der Waals surface area contributed by atoms with Crippen LogP contribution in [0.3, 0.4) is 0 Å². The zero-order valence-electron chi connectivity index (χ0n) is 12.4. The third-order valence-electron chi connectivity index (χ3n) is 2.97. The van der Waals surface area contributed by atoms with Crippen LogP contribution in [0.15, 0.2) is 40.8 Å². The second-order valence-electron chi connectivity index (χ2n) is 4.75. The summed E-state index contributed by atoms with van der Waals surface area (Å²) in [5, 5.41) is 14.6. The minimum atomic E-state index is -0.398. The van der Waals surface area contributed by atoms with Crippen LogP contribution in [-0.2, 0) is 11.8 Å². The molecule has 2 aromatic heterocycles. The molecule has 0 aliphatic rings. The van der Waals surface area contributed by atoms with Gasteiger partial charge < -0.3 is 4.42 Å². The highest BCUT2D eigenvalue weighted by molar-refractivity contribution is 6.36. The summed E-state index contributed by atoms with van der Waals surface area (Å²) in [6, 6.07) is 8.62. The minimum absolute atomic E-state index is 0.125. The smallest absolute Gasteiger partial charge is 0.270 e. The Kier molecular flexibility index (Phi) is 4.64. The Morgan fingerprint density at radius 3 is 2.83 bits per heavy atom. The van der Waals surface area contributed by atoms with Gasteiger partial charge in [0, 0.05) is 16.7 Å².